The second-order valence-electron chi connectivity index (χ2n) is 7.11. The summed E-state index contributed by atoms with van der Waals surface area (Å²) in [4.78, 5) is 17.7. The Hall–Kier alpha value is -3.92. The van der Waals surface area contributed by atoms with Crippen LogP contribution in [0, 0.1) is 6.92 Å². The number of fused-ring (bicyclic) bond motifs is 2. The lowest BCUT2D eigenvalue weighted by Gasteiger charge is -2.09. The number of nitrogens with one attached hydrogen (secondary N) is 1. The van der Waals surface area contributed by atoms with E-state index in [4.69, 9.17) is 4.98 Å². The van der Waals surface area contributed by atoms with Crippen molar-refractivity contribution < 1.29 is 4.79 Å². The van der Waals surface area contributed by atoms with Crippen LogP contribution in [-0.4, -0.2) is 15.3 Å². The van der Waals surface area contributed by atoms with Gasteiger partial charge in [0.05, 0.1) is 5.69 Å². The second kappa shape index (κ2) is 6.91. The number of pyridine rings is 1. The maximum absolute atomic E-state index is 12.9. The van der Waals surface area contributed by atoms with Crippen molar-refractivity contribution in [1.82, 2.24) is 9.38 Å². The first-order valence-corrected chi connectivity index (χ1v) is 9.53. The summed E-state index contributed by atoms with van der Waals surface area (Å²) in [5.74, 6) is -0.121. The minimum atomic E-state index is -0.121. The summed E-state index contributed by atoms with van der Waals surface area (Å²) < 4.78 is 2.02. The second-order valence-corrected chi connectivity index (χ2v) is 7.11. The molecule has 0 saturated heterocycles. The average Bonchev–Trinajstić information content (AvgIpc) is 3.19. The van der Waals surface area contributed by atoms with Crippen LogP contribution in [-0.2, 0) is 0 Å². The molecule has 0 saturated carbocycles. The lowest BCUT2D eigenvalue weighted by molar-refractivity contribution is 0.102. The van der Waals surface area contributed by atoms with Gasteiger partial charge in [-0.05, 0) is 47.5 Å². The van der Waals surface area contributed by atoms with Crippen LogP contribution in [0.25, 0.3) is 27.7 Å². The van der Waals surface area contributed by atoms with Crippen molar-refractivity contribution in [3.63, 3.8) is 0 Å². The molecule has 2 heterocycles. The SMILES string of the molecule is Cc1cccn2cc(-c3cccc(NC(=O)c4cccc5ccccc45)c3)nc12. The standard InChI is InChI=1S/C25H19N3O/c1-17-7-6-14-28-16-23(27-24(17)28)19-10-4-11-20(15-19)26-25(29)22-13-5-9-18-8-2-3-12-21(18)22/h2-16H,1H3,(H,26,29). The van der Waals surface area contributed by atoms with E-state index in [-0.39, 0.29) is 5.91 Å². The van der Waals surface area contributed by atoms with Gasteiger partial charge in [-0.3, -0.25) is 4.79 Å². The summed E-state index contributed by atoms with van der Waals surface area (Å²) >= 11 is 0. The predicted octanol–water partition coefficient (Wildman–Crippen LogP) is 5.72. The smallest absolute Gasteiger partial charge is 0.256 e. The molecule has 0 aliphatic rings. The van der Waals surface area contributed by atoms with Gasteiger partial charge in [-0.1, -0.05) is 54.6 Å². The fourth-order valence-electron chi connectivity index (χ4n) is 3.67. The van der Waals surface area contributed by atoms with Crippen LogP contribution in [0.1, 0.15) is 15.9 Å². The van der Waals surface area contributed by atoms with Crippen LogP contribution in [0.5, 0.6) is 0 Å². The number of hydrogen-bond donors (Lipinski definition) is 1. The molecule has 0 atom stereocenters. The van der Waals surface area contributed by atoms with E-state index in [1.165, 1.54) is 0 Å². The number of amides is 1. The van der Waals surface area contributed by atoms with Crippen molar-refractivity contribution in [1.29, 1.82) is 0 Å². The first kappa shape index (κ1) is 17.2. The summed E-state index contributed by atoms with van der Waals surface area (Å²) in [5, 5.41) is 5.03. The molecule has 0 unspecified atom stereocenters. The van der Waals surface area contributed by atoms with Crippen LogP contribution >= 0.6 is 0 Å². The molecule has 1 amide bonds. The molecule has 4 heteroatoms. The zero-order valence-electron chi connectivity index (χ0n) is 16.0. The third kappa shape index (κ3) is 3.15. The van der Waals surface area contributed by atoms with Crippen molar-refractivity contribution in [2.45, 2.75) is 6.92 Å². The first-order chi connectivity index (χ1) is 14.2. The fourth-order valence-corrected chi connectivity index (χ4v) is 3.67. The number of rotatable bonds is 3. The van der Waals surface area contributed by atoms with E-state index in [9.17, 15) is 4.79 Å². The molecule has 0 spiro atoms. The van der Waals surface area contributed by atoms with Crippen LogP contribution in [0.3, 0.4) is 0 Å². The lowest BCUT2D eigenvalue weighted by atomic mass is 10.0. The lowest BCUT2D eigenvalue weighted by Crippen LogP contribution is -2.12. The predicted molar refractivity (Wildman–Crippen MR) is 117 cm³/mol. The number of carbonyl (C=O) groups is 1. The zero-order chi connectivity index (χ0) is 19.8. The summed E-state index contributed by atoms with van der Waals surface area (Å²) in [6, 6.07) is 25.5. The molecule has 0 radical (unpaired) electrons. The Morgan fingerprint density at radius 3 is 2.66 bits per heavy atom. The minimum Gasteiger partial charge on any atom is -0.322 e. The molecule has 0 aliphatic heterocycles. The van der Waals surface area contributed by atoms with Gasteiger partial charge in [-0.15, -0.1) is 0 Å². The summed E-state index contributed by atoms with van der Waals surface area (Å²) in [6.45, 7) is 2.05. The van der Waals surface area contributed by atoms with Gasteiger partial charge in [-0.25, -0.2) is 4.98 Å². The Balaban J connectivity index is 1.48. The van der Waals surface area contributed by atoms with Gasteiger partial charge in [0.2, 0.25) is 0 Å². The average molecular weight is 377 g/mol. The van der Waals surface area contributed by atoms with Gasteiger partial charge >= 0.3 is 0 Å². The number of nitrogens with zero attached hydrogens (tertiary/aromatic N) is 2. The molecule has 5 rings (SSSR count). The van der Waals surface area contributed by atoms with E-state index in [0.29, 0.717) is 5.56 Å². The molecule has 2 aromatic heterocycles. The molecule has 5 aromatic rings. The highest BCUT2D eigenvalue weighted by molar-refractivity contribution is 6.13. The van der Waals surface area contributed by atoms with Crippen LogP contribution in [0.15, 0.2) is 91.3 Å². The highest BCUT2D eigenvalue weighted by atomic mass is 16.1. The van der Waals surface area contributed by atoms with E-state index >= 15 is 0 Å². The summed E-state index contributed by atoms with van der Waals surface area (Å²) in [7, 11) is 0. The third-order valence-corrected chi connectivity index (χ3v) is 5.13. The van der Waals surface area contributed by atoms with Crippen LogP contribution < -0.4 is 5.32 Å². The monoisotopic (exact) mass is 377 g/mol. The molecule has 0 bridgehead atoms. The molecule has 0 fully saturated rings. The van der Waals surface area contributed by atoms with Gasteiger partial charge in [-0.2, -0.15) is 0 Å². The first-order valence-electron chi connectivity index (χ1n) is 9.53. The Kier molecular flexibility index (Phi) is 4.10. The molecular formula is C25H19N3O. The van der Waals surface area contributed by atoms with Gasteiger partial charge in [0, 0.05) is 29.2 Å². The van der Waals surface area contributed by atoms with Crippen LogP contribution in [0.4, 0.5) is 5.69 Å². The number of aromatic nitrogens is 2. The van der Waals surface area contributed by atoms with E-state index < -0.39 is 0 Å². The fraction of sp³-hybridized carbons (Fsp3) is 0.0400. The van der Waals surface area contributed by atoms with E-state index in [1.807, 2.05) is 103 Å². The number of carbonyl (C=O) groups excluding carboxylic acids is 1. The van der Waals surface area contributed by atoms with Gasteiger partial charge in [0.1, 0.15) is 5.65 Å². The highest BCUT2D eigenvalue weighted by Gasteiger charge is 2.11. The van der Waals surface area contributed by atoms with Crippen molar-refractivity contribution in [2.24, 2.45) is 0 Å². The van der Waals surface area contributed by atoms with E-state index in [1.54, 1.807) is 0 Å². The van der Waals surface area contributed by atoms with Gasteiger partial charge in [0.15, 0.2) is 0 Å². The normalized spacial score (nSPS) is 11.1. The summed E-state index contributed by atoms with van der Waals surface area (Å²) in [5.41, 5.74) is 5.31. The largest absolute Gasteiger partial charge is 0.322 e. The Bertz CT molecular complexity index is 1360. The Labute approximate surface area is 168 Å². The zero-order valence-corrected chi connectivity index (χ0v) is 16.0. The number of imidazole rings is 1. The van der Waals surface area contributed by atoms with E-state index in [0.717, 1.165) is 38.9 Å². The maximum atomic E-state index is 12.9. The molecule has 3 aromatic carbocycles. The highest BCUT2D eigenvalue weighted by Crippen LogP contribution is 2.25. The van der Waals surface area contributed by atoms with Crippen molar-refractivity contribution >= 4 is 28.0 Å². The van der Waals surface area contributed by atoms with Gasteiger partial charge < -0.3 is 9.72 Å². The summed E-state index contributed by atoms with van der Waals surface area (Å²) in [6.07, 6.45) is 4.00. The van der Waals surface area contributed by atoms with E-state index in [2.05, 4.69) is 5.32 Å². The number of benzene rings is 3. The van der Waals surface area contributed by atoms with Crippen molar-refractivity contribution in [2.75, 3.05) is 5.32 Å². The Morgan fingerprint density at radius 2 is 1.76 bits per heavy atom. The third-order valence-electron chi connectivity index (χ3n) is 5.13. The Morgan fingerprint density at radius 1 is 0.931 bits per heavy atom. The molecule has 0 aliphatic carbocycles. The molecule has 4 nitrogen and oxygen atoms in total. The molecular weight excluding hydrogens is 358 g/mol. The molecule has 29 heavy (non-hydrogen) atoms. The quantitative estimate of drug-likeness (QED) is 0.437. The molecule has 140 valence electrons. The number of aryl methyl sites for hydroxylation is 1. The topological polar surface area (TPSA) is 46.4 Å². The van der Waals surface area contributed by atoms with Gasteiger partial charge in [0.25, 0.3) is 5.91 Å². The maximum Gasteiger partial charge on any atom is 0.256 e. The molecule has 1 N–H and O–H groups in total. The van der Waals surface area contributed by atoms with Crippen LogP contribution in [0.2, 0.25) is 0 Å². The number of hydrogen-bond acceptors (Lipinski definition) is 2. The van der Waals surface area contributed by atoms with Crippen molar-refractivity contribution in [3.05, 3.63) is 102 Å². The minimum absolute atomic E-state index is 0.121. The van der Waals surface area contributed by atoms with Crippen molar-refractivity contribution in [3.8, 4) is 11.3 Å². The number of anilines is 1.